The second-order valence-corrected chi connectivity index (χ2v) is 19.1. The molecule has 0 heterocycles. The Morgan fingerprint density at radius 1 is 0.484 bits per heavy atom. The number of ether oxygens (including phenoxy) is 2. The topological polar surface area (TPSA) is 172 Å². The van der Waals surface area contributed by atoms with E-state index in [1.807, 2.05) is 0 Å². The molecule has 0 amide bonds. The molecule has 12 heteroatoms. The van der Waals surface area contributed by atoms with Gasteiger partial charge in [0.15, 0.2) is 6.10 Å². The quantitative estimate of drug-likeness (QED) is 0.0230. The number of carbonyl (C=O) groups excluding carboxylic acids is 2. The van der Waals surface area contributed by atoms with Gasteiger partial charge in [-0.2, -0.15) is 0 Å². The van der Waals surface area contributed by atoms with Gasteiger partial charge in [0.1, 0.15) is 12.6 Å². The minimum absolute atomic E-state index is 0.165. The Bertz CT molecular complexity index is 1110. The molecule has 0 aromatic heterocycles. The molecule has 0 spiro atoms. The van der Waals surface area contributed by atoms with Crippen molar-refractivity contribution in [2.75, 3.05) is 19.8 Å². The van der Waals surface area contributed by atoms with E-state index >= 15 is 0 Å². The summed E-state index contributed by atoms with van der Waals surface area (Å²) in [5.41, 5.74) is 5.35. The van der Waals surface area contributed by atoms with Gasteiger partial charge in [0, 0.05) is 12.8 Å². The molecule has 62 heavy (non-hydrogen) atoms. The van der Waals surface area contributed by atoms with Crippen LogP contribution < -0.4 is 5.73 Å². The molecular formula is C50H96NO10P. The number of aliphatic carboxylic acids is 1. The van der Waals surface area contributed by atoms with Crippen molar-refractivity contribution < 1.29 is 47.5 Å². The molecule has 3 atom stereocenters. The average molecular weight is 902 g/mol. The predicted molar refractivity (Wildman–Crippen MR) is 254 cm³/mol. The van der Waals surface area contributed by atoms with E-state index in [1.165, 1.54) is 180 Å². The van der Waals surface area contributed by atoms with Gasteiger partial charge in [0.2, 0.25) is 0 Å². The first kappa shape index (κ1) is 60.2. The summed E-state index contributed by atoms with van der Waals surface area (Å²) in [5.74, 6) is -2.36. The van der Waals surface area contributed by atoms with Crippen molar-refractivity contribution in [1.29, 1.82) is 0 Å². The van der Waals surface area contributed by atoms with E-state index < -0.39 is 51.1 Å². The zero-order valence-electron chi connectivity index (χ0n) is 40.0. The lowest BCUT2D eigenvalue weighted by atomic mass is 10.0. The highest BCUT2D eigenvalue weighted by molar-refractivity contribution is 7.47. The van der Waals surface area contributed by atoms with Crippen LogP contribution >= 0.6 is 7.82 Å². The lowest BCUT2D eigenvalue weighted by Gasteiger charge is -2.20. The third kappa shape index (κ3) is 44.8. The van der Waals surface area contributed by atoms with Crippen LogP contribution in [0.2, 0.25) is 0 Å². The van der Waals surface area contributed by atoms with Crippen LogP contribution in [0.1, 0.15) is 258 Å². The Kier molecular flexibility index (Phi) is 44.5. The number of carboxylic acid groups (broad SMARTS) is 1. The Hall–Kier alpha value is -1.78. The van der Waals surface area contributed by atoms with Gasteiger partial charge in [-0.05, 0) is 38.5 Å². The van der Waals surface area contributed by atoms with E-state index in [0.29, 0.717) is 12.8 Å². The van der Waals surface area contributed by atoms with Gasteiger partial charge >= 0.3 is 25.7 Å². The van der Waals surface area contributed by atoms with Gasteiger partial charge in [0.25, 0.3) is 0 Å². The maximum Gasteiger partial charge on any atom is 0.472 e. The molecule has 1 unspecified atom stereocenters. The van der Waals surface area contributed by atoms with Gasteiger partial charge in [0.05, 0.1) is 13.2 Å². The molecular weight excluding hydrogens is 806 g/mol. The summed E-state index contributed by atoms with van der Waals surface area (Å²) in [7, 11) is -4.72. The van der Waals surface area contributed by atoms with Crippen molar-refractivity contribution >= 4 is 25.7 Å². The summed E-state index contributed by atoms with van der Waals surface area (Å²) < 4.78 is 32.9. The largest absolute Gasteiger partial charge is 0.480 e. The van der Waals surface area contributed by atoms with Crippen LogP contribution in [0, 0.1) is 0 Å². The minimum atomic E-state index is -4.72. The van der Waals surface area contributed by atoms with E-state index in [2.05, 4.69) is 30.5 Å². The number of allylic oxidation sites excluding steroid dienone is 2. The summed E-state index contributed by atoms with van der Waals surface area (Å²) >= 11 is 0. The number of hydrogen-bond acceptors (Lipinski definition) is 9. The molecule has 0 aliphatic heterocycles. The highest BCUT2D eigenvalue weighted by Gasteiger charge is 2.28. The van der Waals surface area contributed by atoms with Crippen LogP contribution in [0.25, 0.3) is 0 Å². The zero-order valence-corrected chi connectivity index (χ0v) is 40.9. The lowest BCUT2D eigenvalue weighted by molar-refractivity contribution is -0.161. The van der Waals surface area contributed by atoms with E-state index in [4.69, 9.17) is 24.8 Å². The Morgan fingerprint density at radius 2 is 0.806 bits per heavy atom. The fourth-order valence-corrected chi connectivity index (χ4v) is 8.25. The summed E-state index contributed by atoms with van der Waals surface area (Å²) in [6.45, 7) is 2.85. The standard InChI is InChI=1S/C50H96NO10P/c1-3-5-7-9-11-13-15-17-19-21-22-23-24-26-28-30-32-34-36-38-40-42-49(53)61-46(44-59-62(56,57)60-45-47(51)50(54)55)43-58-48(52)41-39-37-35-33-31-29-27-25-20-18-16-14-12-10-8-6-4-2/h17,19,46-47H,3-16,18,20-45,51H2,1-2H3,(H,54,55)(H,56,57)/b19-17+/t46-,47+/m1/s1. The summed E-state index contributed by atoms with van der Waals surface area (Å²) in [6, 6.07) is -1.52. The SMILES string of the molecule is CCCCCCCC/C=C/CCCCCCCCCCCCCC(=O)O[C@H](COC(=O)CCCCCCCCCCCCCCCCCCC)COP(=O)(O)OC[C@H](N)C(=O)O. The number of carboxylic acids is 1. The molecule has 11 nitrogen and oxygen atoms in total. The van der Waals surface area contributed by atoms with Crippen molar-refractivity contribution in [2.45, 2.75) is 270 Å². The third-order valence-corrected chi connectivity index (χ3v) is 12.5. The molecule has 0 radical (unpaired) electrons. The highest BCUT2D eigenvalue weighted by Crippen LogP contribution is 2.43. The second-order valence-electron chi connectivity index (χ2n) is 17.7. The molecule has 366 valence electrons. The van der Waals surface area contributed by atoms with Crippen LogP contribution in [0.5, 0.6) is 0 Å². The van der Waals surface area contributed by atoms with E-state index in [1.54, 1.807) is 0 Å². The molecule has 0 aromatic carbocycles. The highest BCUT2D eigenvalue weighted by atomic mass is 31.2. The molecule has 0 saturated heterocycles. The maximum atomic E-state index is 12.7. The zero-order chi connectivity index (χ0) is 45.6. The first-order valence-electron chi connectivity index (χ1n) is 25.7. The van der Waals surface area contributed by atoms with Gasteiger partial charge < -0.3 is 25.2 Å². The molecule has 0 aromatic rings. The minimum Gasteiger partial charge on any atom is -0.480 e. The average Bonchev–Trinajstić information content (AvgIpc) is 3.25. The molecule has 0 saturated carbocycles. The molecule has 0 fully saturated rings. The number of phosphoric ester groups is 1. The van der Waals surface area contributed by atoms with Crippen LogP contribution in [0.15, 0.2) is 12.2 Å². The molecule has 0 aliphatic rings. The Morgan fingerprint density at radius 3 is 1.18 bits per heavy atom. The van der Waals surface area contributed by atoms with Crippen molar-refractivity contribution in [3.63, 3.8) is 0 Å². The number of carbonyl (C=O) groups is 3. The van der Waals surface area contributed by atoms with Crippen molar-refractivity contribution in [1.82, 2.24) is 0 Å². The number of esters is 2. The normalized spacial score (nSPS) is 13.6. The molecule has 0 aliphatic carbocycles. The number of unbranched alkanes of at least 4 members (excludes halogenated alkanes) is 33. The van der Waals surface area contributed by atoms with E-state index in [-0.39, 0.29) is 19.4 Å². The predicted octanol–water partition coefficient (Wildman–Crippen LogP) is 14.4. The fourth-order valence-electron chi connectivity index (χ4n) is 7.47. The third-order valence-electron chi connectivity index (χ3n) is 11.5. The lowest BCUT2D eigenvalue weighted by Crippen LogP contribution is -2.34. The Labute approximate surface area is 379 Å². The van der Waals surface area contributed by atoms with Crippen LogP contribution in [-0.2, 0) is 37.5 Å². The van der Waals surface area contributed by atoms with Crippen LogP contribution in [0.3, 0.4) is 0 Å². The summed E-state index contributed by atoms with van der Waals surface area (Å²) in [5, 5.41) is 8.92. The number of rotatable bonds is 49. The van der Waals surface area contributed by atoms with Gasteiger partial charge in [-0.15, -0.1) is 0 Å². The smallest absolute Gasteiger partial charge is 0.472 e. The second kappa shape index (κ2) is 45.8. The van der Waals surface area contributed by atoms with Gasteiger partial charge in [-0.3, -0.25) is 23.4 Å². The van der Waals surface area contributed by atoms with Gasteiger partial charge in [-0.1, -0.05) is 219 Å². The molecule has 0 rings (SSSR count). The van der Waals surface area contributed by atoms with E-state index in [0.717, 1.165) is 38.5 Å². The maximum absolute atomic E-state index is 12.7. The molecule has 0 bridgehead atoms. The fraction of sp³-hybridized carbons (Fsp3) is 0.900. The first-order valence-corrected chi connectivity index (χ1v) is 27.2. The van der Waals surface area contributed by atoms with Crippen LogP contribution in [-0.4, -0.2) is 59.9 Å². The first-order chi connectivity index (χ1) is 30.1. The number of hydrogen-bond donors (Lipinski definition) is 3. The van der Waals surface area contributed by atoms with Crippen molar-refractivity contribution in [3.8, 4) is 0 Å². The Balaban J connectivity index is 4.21. The van der Waals surface area contributed by atoms with Crippen molar-refractivity contribution in [2.24, 2.45) is 5.73 Å². The van der Waals surface area contributed by atoms with Crippen molar-refractivity contribution in [3.05, 3.63) is 12.2 Å². The summed E-state index contributed by atoms with van der Waals surface area (Å²) in [4.78, 5) is 46.2. The number of phosphoric acid groups is 1. The van der Waals surface area contributed by atoms with E-state index in [9.17, 15) is 23.8 Å². The molecule has 4 N–H and O–H groups in total. The monoisotopic (exact) mass is 902 g/mol. The number of nitrogens with two attached hydrogens (primary N) is 1. The van der Waals surface area contributed by atoms with Crippen LogP contribution in [0.4, 0.5) is 0 Å². The van der Waals surface area contributed by atoms with Gasteiger partial charge in [-0.25, -0.2) is 4.57 Å². The summed E-state index contributed by atoms with van der Waals surface area (Å²) in [6.07, 6.45) is 48.4.